The predicted octanol–water partition coefficient (Wildman–Crippen LogP) is 6.27. The molecular formula is C25H38O4Si. The molecule has 0 radical (unpaired) electrons. The SMILES string of the molecule is COC1(c2cccc(O[Si](C)(C)C(C)(C)C)c2)OOC1C1C2CC3CC(C2)CC1C3. The lowest BCUT2D eigenvalue weighted by atomic mass is 9.50. The first-order valence-corrected chi connectivity index (χ1v) is 14.7. The molecule has 2 atom stereocenters. The third-order valence-electron chi connectivity index (χ3n) is 9.02. The van der Waals surface area contributed by atoms with Crippen molar-refractivity contribution in [2.24, 2.45) is 29.6 Å². The van der Waals surface area contributed by atoms with Crippen molar-refractivity contribution in [2.75, 3.05) is 7.11 Å². The number of hydrogen-bond donors (Lipinski definition) is 0. The number of ether oxygens (including phenoxy) is 1. The molecule has 0 amide bonds. The summed E-state index contributed by atoms with van der Waals surface area (Å²) < 4.78 is 12.7. The maximum Gasteiger partial charge on any atom is 0.257 e. The molecule has 2 unspecified atom stereocenters. The molecule has 0 aromatic heterocycles. The van der Waals surface area contributed by atoms with Gasteiger partial charge in [0.05, 0.1) is 0 Å². The molecule has 4 nitrogen and oxygen atoms in total. The van der Waals surface area contributed by atoms with Crippen LogP contribution in [0.25, 0.3) is 0 Å². The third-order valence-corrected chi connectivity index (χ3v) is 13.4. The summed E-state index contributed by atoms with van der Waals surface area (Å²) in [5, 5.41) is 0.154. The summed E-state index contributed by atoms with van der Waals surface area (Å²) in [6.45, 7) is 11.4. The smallest absolute Gasteiger partial charge is 0.257 e. The first-order chi connectivity index (χ1) is 14.1. The van der Waals surface area contributed by atoms with Crippen molar-refractivity contribution >= 4 is 8.32 Å². The highest BCUT2D eigenvalue weighted by Crippen LogP contribution is 2.61. The molecular weight excluding hydrogens is 392 g/mol. The van der Waals surface area contributed by atoms with Gasteiger partial charge in [0.15, 0.2) is 6.10 Å². The van der Waals surface area contributed by atoms with Gasteiger partial charge >= 0.3 is 0 Å². The summed E-state index contributed by atoms with van der Waals surface area (Å²) in [7, 11) is -0.157. The Morgan fingerprint density at radius 2 is 1.63 bits per heavy atom. The molecule has 1 aromatic carbocycles. The molecule has 4 saturated carbocycles. The Labute approximate surface area is 182 Å². The fourth-order valence-electron chi connectivity index (χ4n) is 6.67. The Hall–Kier alpha value is -0.883. The average molecular weight is 431 g/mol. The number of benzene rings is 1. The Balaban J connectivity index is 1.42. The zero-order chi connectivity index (χ0) is 21.3. The van der Waals surface area contributed by atoms with Gasteiger partial charge in [-0.15, -0.1) is 0 Å². The normalized spacial score (nSPS) is 40.3. The van der Waals surface area contributed by atoms with E-state index in [0.29, 0.717) is 5.92 Å². The molecule has 1 aromatic rings. The zero-order valence-corrected chi connectivity index (χ0v) is 20.4. The maximum absolute atomic E-state index is 6.58. The minimum atomic E-state index is -1.91. The van der Waals surface area contributed by atoms with E-state index in [1.165, 1.54) is 32.1 Å². The van der Waals surface area contributed by atoms with Gasteiger partial charge in [-0.1, -0.05) is 32.9 Å². The van der Waals surface area contributed by atoms with E-state index in [4.69, 9.17) is 18.9 Å². The van der Waals surface area contributed by atoms with E-state index >= 15 is 0 Å². The molecule has 4 bridgehead atoms. The van der Waals surface area contributed by atoms with Gasteiger partial charge in [-0.05, 0) is 92.0 Å². The molecule has 6 rings (SSSR count). The van der Waals surface area contributed by atoms with Crippen molar-refractivity contribution in [2.45, 2.75) is 82.9 Å². The van der Waals surface area contributed by atoms with Crippen molar-refractivity contribution in [3.63, 3.8) is 0 Å². The van der Waals surface area contributed by atoms with Crippen LogP contribution in [0.15, 0.2) is 24.3 Å². The van der Waals surface area contributed by atoms with Crippen LogP contribution in [-0.4, -0.2) is 21.5 Å². The van der Waals surface area contributed by atoms with E-state index < -0.39 is 14.1 Å². The first kappa shape index (κ1) is 21.0. The summed E-state index contributed by atoms with van der Waals surface area (Å²) >= 11 is 0. The van der Waals surface area contributed by atoms with E-state index in [1.54, 1.807) is 7.11 Å². The summed E-state index contributed by atoms with van der Waals surface area (Å²) in [6, 6.07) is 8.35. The Kier molecular flexibility index (Phi) is 4.94. The van der Waals surface area contributed by atoms with Crippen molar-refractivity contribution in [3.05, 3.63) is 29.8 Å². The number of methoxy groups -OCH3 is 1. The number of rotatable bonds is 5. The summed E-state index contributed by atoms with van der Waals surface area (Å²) in [4.78, 5) is 11.7. The van der Waals surface area contributed by atoms with Crippen LogP contribution in [0.2, 0.25) is 18.1 Å². The molecule has 1 aliphatic heterocycles. The molecule has 0 spiro atoms. The van der Waals surface area contributed by atoms with E-state index in [1.807, 2.05) is 0 Å². The largest absolute Gasteiger partial charge is 0.543 e. The van der Waals surface area contributed by atoms with E-state index in [2.05, 4.69) is 58.1 Å². The first-order valence-electron chi connectivity index (χ1n) is 11.8. The van der Waals surface area contributed by atoms with Crippen LogP contribution >= 0.6 is 0 Å². The minimum Gasteiger partial charge on any atom is -0.543 e. The van der Waals surface area contributed by atoms with Crippen LogP contribution in [0, 0.1) is 29.6 Å². The van der Waals surface area contributed by atoms with Crippen LogP contribution in [0.5, 0.6) is 5.75 Å². The van der Waals surface area contributed by atoms with Crippen molar-refractivity contribution in [1.29, 1.82) is 0 Å². The molecule has 5 heteroatoms. The second kappa shape index (κ2) is 7.06. The quantitative estimate of drug-likeness (QED) is 0.407. The molecule has 5 aliphatic rings. The van der Waals surface area contributed by atoms with Crippen LogP contribution in [0.3, 0.4) is 0 Å². The molecule has 1 saturated heterocycles. The second-order valence-electron chi connectivity index (χ2n) is 11.9. The second-order valence-corrected chi connectivity index (χ2v) is 16.6. The van der Waals surface area contributed by atoms with Gasteiger partial charge in [-0.3, -0.25) is 0 Å². The minimum absolute atomic E-state index is 0.0272. The Morgan fingerprint density at radius 3 is 2.13 bits per heavy atom. The van der Waals surface area contributed by atoms with Gasteiger partial charge in [0.2, 0.25) is 8.32 Å². The Bertz CT molecular complexity index is 769. The van der Waals surface area contributed by atoms with Gasteiger partial charge < -0.3 is 9.16 Å². The van der Waals surface area contributed by atoms with Gasteiger partial charge in [-0.2, -0.15) is 4.89 Å². The van der Waals surface area contributed by atoms with E-state index in [0.717, 1.165) is 35.0 Å². The van der Waals surface area contributed by atoms with Crippen LogP contribution in [-0.2, 0) is 20.3 Å². The molecule has 4 aliphatic carbocycles. The topological polar surface area (TPSA) is 36.9 Å². The van der Waals surface area contributed by atoms with Crippen LogP contribution in [0.4, 0.5) is 0 Å². The maximum atomic E-state index is 6.58. The summed E-state index contributed by atoms with van der Waals surface area (Å²) in [6.07, 6.45) is 6.90. The molecule has 30 heavy (non-hydrogen) atoms. The Morgan fingerprint density at radius 1 is 1.00 bits per heavy atom. The standard InChI is InChI=1S/C25H38O4Si/c1-24(2,3)30(5,6)28-21-9-7-8-20(15-21)25(26-4)23(27-29-25)22-18-11-16-10-17(13-18)14-19(22)12-16/h7-9,15-19,22-23H,10-14H2,1-6H3. The lowest BCUT2D eigenvalue weighted by Gasteiger charge is -2.60. The summed E-state index contributed by atoms with van der Waals surface area (Å²) in [5.41, 5.74) is 1.02. The number of hydrogen-bond acceptors (Lipinski definition) is 4. The lowest BCUT2D eigenvalue weighted by molar-refractivity contribution is -0.592. The van der Waals surface area contributed by atoms with Gasteiger partial charge in [0.1, 0.15) is 5.75 Å². The molecule has 166 valence electrons. The molecule has 0 N–H and O–H groups in total. The van der Waals surface area contributed by atoms with Crippen LogP contribution in [0.1, 0.15) is 58.4 Å². The zero-order valence-electron chi connectivity index (χ0n) is 19.4. The van der Waals surface area contributed by atoms with Gasteiger partial charge in [0, 0.05) is 12.7 Å². The highest BCUT2D eigenvalue weighted by molar-refractivity contribution is 6.74. The molecule has 1 heterocycles. The van der Waals surface area contributed by atoms with Gasteiger partial charge in [-0.25, -0.2) is 4.89 Å². The van der Waals surface area contributed by atoms with Gasteiger partial charge in [0.25, 0.3) is 5.79 Å². The monoisotopic (exact) mass is 430 g/mol. The predicted molar refractivity (Wildman–Crippen MR) is 119 cm³/mol. The van der Waals surface area contributed by atoms with E-state index in [-0.39, 0.29) is 11.1 Å². The lowest BCUT2D eigenvalue weighted by Crippen LogP contribution is -2.63. The van der Waals surface area contributed by atoms with Crippen molar-refractivity contribution < 1.29 is 18.9 Å². The fourth-order valence-corrected chi connectivity index (χ4v) is 7.70. The summed E-state index contributed by atoms with van der Waals surface area (Å²) in [5.74, 6) is 4.05. The highest BCUT2D eigenvalue weighted by Gasteiger charge is 2.63. The van der Waals surface area contributed by atoms with Crippen molar-refractivity contribution in [1.82, 2.24) is 0 Å². The third kappa shape index (κ3) is 3.19. The van der Waals surface area contributed by atoms with Crippen LogP contribution < -0.4 is 4.43 Å². The average Bonchev–Trinajstić information content (AvgIpc) is 2.63. The fraction of sp³-hybridized carbons (Fsp3) is 0.760. The van der Waals surface area contributed by atoms with E-state index in [9.17, 15) is 0 Å². The highest BCUT2D eigenvalue weighted by atomic mass is 28.4. The van der Waals surface area contributed by atoms with Crippen molar-refractivity contribution in [3.8, 4) is 5.75 Å². The molecule has 5 fully saturated rings.